The van der Waals surface area contributed by atoms with Crippen LogP contribution in [-0.4, -0.2) is 35.5 Å². The minimum Gasteiger partial charge on any atom is -0.494 e. The molecule has 0 radical (unpaired) electrons. The highest BCUT2D eigenvalue weighted by atomic mass is 32.2. The lowest BCUT2D eigenvalue weighted by Crippen LogP contribution is -2.18. The van der Waals surface area contributed by atoms with Gasteiger partial charge in [0, 0.05) is 5.56 Å². The zero-order valence-electron chi connectivity index (χ0n) is 14.2. The number of methoxy groups -OCH3 is 2. The van der Waals surface area contributed by atoms with Gasteiger partial charge in [-0.2, -0.15) is 13.5 Å². The van der Waals surface area contributed by atoms with Gasteiger partial charge in [-0.25, -0.2) is 4.83 Å². The number of nitrogens with one attached hydrogen (secondary N) is 1. The van der Waals surface area contributed by atoms with Crippen molar-refractivity contribution in [2.24, 2.45) is 5.10 Å². The standard InChI is InChI=1S/C17H20N2O5S/c1-4-24-14-8-10-15(11-9-14)25(20,21)19-18-12-13-6-5-7-16(22-2)17(13)23-3/h5-12,19H,4H2,1-3H3. The van der Waals surface area contributed by atoms with Crippen molar-refractivity contribution in [2.45, 2.75) is 11.8 Å². The molecule has 0 aromatic heterocycles. The van der Waals surface area contributed by atoms with E-state index in [4.69, 9.17) is 14.2 Å². The van der Waals surface area contributed by atoms with Crippen LogP contribution in [0.4, 0.5) is 0 Å². The van der Waals surface area contributed by atoms with E-state index in [-0.39, 0.29) is 4.90 Å². The van der Waals surface area contributed by atoms with Gasteiger partial charge in [0.1, 0.15) is 5.75 Å². The third-order valence-electron chi connectivity index (χ3n) is 3.25. The van der Waals surface area contributed by atoms with Gasteiger partial charge < -0.3 is 14.2 Å². The number of hydrogen-bond acceptors (Lipinski definition) is 6. The van der Waals surface area contributed by atoms with Crippen LogP contribution in [-0.2, 0) is 10.0 Å². The van der Waals surface area contributed by atoms with E-state index in [0.717, 1.165) is 0 Å². The summed E-state index contributed by atoms with van der Waals surface area (Å²) in [5, 5.41) is 3.80. The van der Waals surface area contributed by atoms with Gasteiger partial charge in [-0.15, -0.1) is 0 Å². The minimum atomic E-state index is -3.77. The maximum Gasteiger partial charge on any atom is 0.276 e. The number of hydrazone groups is 1. The summed E-state index contributed by atoms with van der Waals surface area (Å²) in [5.41, 5.74) is 0.580. The van der Waals surface area contributed by atoms with E-state index >= 15 is 0 Å². The summed E-state index contributed by atoms with van der Waals surface area (Å²) in [6.07, 6.45) is 1.35. The first-order valence-electron chi connectivity index (χ1n) is 7.50. The average Bonchev–Trinajstić information content (AvgIpc) is 2.62. The number of sulfonamides is 1. The number of ether oxygens (including phenoxy) is 3. The van der Waals surface area contributed by atoms with Crippen molar-refractivity contribution in [2.75, 3.05) is 20.8 Å². The predicted octanol–water partition coefficient (Wildman–Crippen LogP) is 2.41. The van der Waals surface area contributed by atoms with Crippen molar-refractivity contribution in [3.05, 3.63) is 48.0 Å². The molecule has 0 aliphatic rings. The number of hydrogen-bond donors (Lipinski definition) is 1. The number of nitrogens with zero attached hydrogens (tertiary/aromatic N) is 1. The van der Waals surface area contributed by atoms with Gasteiger partial charge in [-0.3, -0.25) is 0 Å². The van der Waals surface area contributed by atoms with Gasteiger partial charge in [0.25, 0.3) is 10.0 Å². The van der Waals surface area contributed by atoms with Crippen LogP contribution >= 0.6 is 0 Å². The van der Waals surface area contributed by atoms with Gasteiger partial charge in [-0.1, -0.05) is 6.07 Å². The van der Waals surface area contributed by atoms with Gasteiger partial charge in [0.15, 0.2) is 11.5 Å². The Labute approximate surface area is 147 Å². The maximum atomic E-state index is 12.2. The topological polar surface area (TPSA) is 86.2 Å². The SMILES string of the molecule is CCOc1ccc(S(=O)(=O)NN=Cc2cccc(OC)c2OC)cc1. The van der Waals surface area contributed by atoms with Crippen LogP contribution < -0.4 is 19.0 Å². The molecule has 2 rings (SSSR count). The first-order chi connectivity index (χ1) is 12.0. The second kappa shape index (κ2) is 8.39. The third-order valence-corrected chi connectivity index (χ3v) is 4.49. The van der Waals surface area contributed by atoms with Crippen LogP contribution in [0.5, 0.6) is 17.2 Å². The first kappa shape index (κ1) is 18.6. The number of rotatable bonds is 8. The van der Waals surface area contributed by atoms with Crippen molar-refractivity contribution in [3.63, 3.8) is 0 Å². The highest BCUT2D eigenvalue weighted by molar-refractivity contribution is 7.89. The summed E-state index contributed by atoms with van der Waals surface area (Å²) in [4.78, 5) is 2.26. The molecule has 0 saturated heterocycles. The molecule has 2 aromatic rings. The van der Waals surface area contributed by atoms with Crippen LogP contribution in [0, 0.1) is 0 Å². The molecule has 0 heterocycles. The fraction of sp³-hybridized carbons (Fsp3) is 0.235. The van der Waals surface area contributed by atoms with E-state index in [2.05, 4.69) is 9.93 Å². The molecule has 8 heteroatoms. The molecule has 134 valence electrons. The Hall–Kier alpha value is -2.74. The predicted molar refractivity (Wildman–Crippen MR) is 95.1 cm³/mol. The molecule has 25 heavy (non-hydrogen) atoms. The zero-order chi connectivity index (χ0) is 18.3. The smallest absolute Gasteiger partial charge is 0.276 e. The molecular weight excluding hydrogens is 344 g/mol. The summed E-state index contributed by atoms with van der Waals surface area (Å²) in [7, 11) is -0.752. The Balaban J connectivity index is 2.15. The summed E-state index contributed by atoms with van der Waals surface area (Å²) < 4.78 is 40.2. The highest BCUT2D eigenvalue weighted by Gasteiger charge is 2.13. The van der Waals surface area contributed by atoms with Crippen LogP contribution in [0.2, 0.25) is 0 Å². The van der Waals surface area contributed by atoms with Crippen LogP contribution in [0.25, 0.3) is 0 Å². The summed E-state index contributed by atoms with van der Waals surface area (Å²) >= 11 is 0. The largest absolute Gasteiger partial charge is 0.494 e. The van der Waals surface area contributed by atoms with E-state index in [0.29, 0.717) is 29.4 Å². The van der Waals surface area contributed by atoms with Gasteiger partial charge >= 0.3 is 0 Å². The Morgan fingerprint density at radius 3 is 2.40 bits per heavy atom. The van der Waals surface area contributed by atoms with Gasteiger partial charge in [0.05, 0.1) is 31.9 Å². The molecule has 0 spiro atoms. The van der Waals surface area contributed by atoms with E-state index in [9.17, 15) is 8.42 Å². The second-order valence-corrected chi connectivity index (χ2v) is 6.50. The number of para-hydroxylation sites is 1. The van der Waals surface area contributed by atoms with Crippen LogP contribution in [0.3, 0.4) is 0 Å². The normalized spacial score (nSPS) is 11.3. The molecule has 0 aliphatic carbocycles. The van der Waals surface area contributed by atoms with Crippen molar-refractivity contribution in [3.8, 4) is 17.2 Å². The highest BCUT2D eigenvalue weighted by Crippen LogP contribution is 2.29. The van der Waals surface area contributed by atoms with E-state index < -0.39 is 10.0 Å². The molecule has 0 fully saturated rings. The Morgan fingerprint density at radius 2 is 1.80 bits per heavy atom. The molecule has 7 nitrogen and oxygen atoms in total. The monoisotopic (exact) mass is 364 g/mol. The molecular formula is C17H20N2O5S. The minimum absolute atomic E-state index is 0.0886. The van der Waals surface area contributed by atoms with Crippen LogP contribution in [0.1, 0.15) is 12.5 Å². The second-order valence-electron chi connectivity index (χ2n) is 4.84. The fourth-order valence-corrected chi connectivity index (χ4v) is 2.90. The molecule has 0 unspecified atom stereocenters. The first-order valence-corrected chi connectivity index (χ1v) is 8.99. The Morgan fingerprint density at radius 1 is 1.08 bits per heavy atom. The lowest BCUT2D eigenvalue weighted by molar-refractivity contribution is 0.340. The molecule has 0 aliphatic heterocycles. The average molecular weight is 364 g/mol. The Kier molecular flexibility index (Phi) is 6.24. The molecule has 0 saturated carbocycles. The quantitative estimate of drug-likeness (QED) is 0.574. The molecule has 0 atom stereocenters. The van der Waals surface area contributed by atoms with Crippen molar-refractivity contribution >= 4 is 16.2 Å². The summed E-state index contributed by atoms with van der Waals surface area (Å²) in [5.74, 6) is 1.60. The maximum absolute atomic E-state index is 12.2. The van der Waals surface area contributed by atoms with Gasteiger partial charge in [0.2, 0.25) is 0 Å². The van der Waals surface area contributed by atoms with Crippen molar-refractivity contribution < 1.29 is 22.6 Å². The number of benzene rings is 2. The van der Waals surface area contributed by atoms with E-state index in [1.165, 1.54) is 32.6 Å². The van der Waals surface area contributed by atoms with Gasteiger partial charge in [-0.05, 0) is 43.3 Å². The third kappa shape index (κ3) is 4.63. The lowest BCUT2D eigenvalue weighted by Gasteiger charge is -2.09. The molecule has 0 amide bonds. The van der Waals surface area contributed by atoms with Crippen molar-refractivity contribution in [1.82, 2.24) is 4.83 Å². The fourth-order valence-electron chi connectivity index (χ4n) is 2.11. The zero-order valence-corrected chi connectivity index (χ0v) is 15.0. The summed E-state index contributed by atoms with van der Waals surface area (Å²) in [6.45, 7) is 2.37. The van der Waals surface area contributed by atoms with Crippen molar-refractivity contribution in [1.29, 1.82) is 0 Å². The molecule has 2 aromatic carbocycles. The van der Waals surface area contributed by atoms with E-state index in [1.807, 2.05) is 6.92 Å². The molecule has 1 N–H and O–H groups in total. The van der Waals surface area contributed by atoms with Crippen LogP contribution in [0.15, 0.2) is 52.5 Å². The molecule has 0 bridgehead atoms. The van der Waals surface area contributed by atoms with E-state index in [1.54, 1.807) is 30.3 Å². The summed E-state index contributed by atoms with van der Waals surface area (Å²) in [6, 6.07) is 11.3. The Bertz CT molecular complexity index is 833. The lowest BCUT2D eigenvalue weighted by atomic mass is 10.2.